The molecule has 0 aromatic heterocycles. The highest BCUT2D eigenvalue weighted by Gasteiger charge is 2.48. The monoisotopic (exact) mass is 366 g/mol. The van der Waals surface area contributed by atoms with Gasteiger partial charge in [-0.3, -0.25) is 10.1 Å². The molecule has 128 valence electrons. The van der Waals surface area contributed by atoms with E-state index in [-0.39, 0.29) is 5.91 Å². The first-order valence-corrected chi connectivity index (χ1v) is 9.17. The van der Waals surface area contributed by atoms with Gasteiger partial charge in [0.1, 0.15) is 0 Å². The Bertz CT molecular complexity index is 679. The molecule has 0 aliphatic carbocycles. The number of carbonyl (C=O) groups is 2. The Kier molecular flexibility index (Phi) is 5.01. The van der Waals surface area contributed by atoms with Gasteiger partial charge in [-0.05, 0) is 24.1 Å². The first-order chi connectivity index (χ1) is 11.5. The zero-order chi connectivity index (χ0) is 17.3. The highest BCUT2D eigenvalue weighted by atomic mass is 35.5. The summed E-state index contributed by atoms with van der Waals surface area (Å²) < 4.78 is 0. The molecule has 1 saturated heterocycles. The van der Waals surface area contributed by atoms with E-state index >= 15 is 0 Å². The summed E-state index contributed by atoms with van der Waals surface area (Å²) >= 11 is 7.56. The number of imide groups is 1. The van der Waals surface area contributed by atoms with Gasteiger partial charge in [0.15, 0.2) is 17.4 Å². The molecule has 2 aliphatic rings. The average molecular weight is 367 g/mol. The van der Waals surface area contributed by atoms with Crippen LogP contribution in [0, 0.1) is 0 Å². The molecule has 6 nitrogen and oxygen atoms in total. The van der Waals surface area contributed by atoms with Crippen LogP contribution < -0.4 is 5.32 Å². The SMILES string of the molecule is CCCSC1=NC2C(C(=O)NC(=O)N2C)N1Cc1ccc(Cl)cc1. The molecular weight excluding hydrogens is 348 g/mol. The summed E-state index contributed by atoms with van der Waals surface area (Å²) in [4.78, 5) is 32.4. The highest BCUT2D eigenvalue weighted by molar-refractivity contribution is 8.13. The van der Waals surface area contributed by atoms with Crippen LogP contribution in [0.3, 0.4) is 0 Å². The largest absolute Gasteiger partial charge is 0.331 e. The van der Waals surface area contributed by atoms with Crippen LogP contribution >= 0.6 is 23.4 Å². The average Bonchev–Trinajstić information content (AvgIpc) is 2.92. The number of nitrogens with one attached hydrogen (secondary N) is 1. The lowest BCUT2D eigenvalue weighted by Gasteiger charge is -2.36. The first kappa shape index (κ1) is 17.1. The minimum Gasteiger partial charge on any atom is -0.331 e. The number of halogens is 1. The molecule has 1 aromatic rings. The standard InChI is InChI=1S/C16H19ClN4O2S/c1-3-8-24-16-18-13-12(14(22)19-15(23)20(13)2)21(16)9-10-4-6-11(17)7-5-10/h4-7,12-13H,3,8-9H2,1-2H3,(H,19,22,23). The summed E-state index contributed by atoms with van der Waals surface area (Å²) in [6.07, 6.45) is 0.535. The van der Waals surface area contributed by atoms with Crippen molar-refractivity contribution in [3.8, 4) is 0 Å². The van der Waals surface area contributed by atoms with Gasteiger partial charge in [0, 0.05) is 24.4 Å². The summed E-state index contributed by atoms with van der Waals surface area (Å²) in [5, 5.41) is 3.88. The van der Waals surface area contributed by atoms with Crippen LogP contribution in [0.15, 0.2) is 29.3 Å². The molecule has 1 fully saturated rings. The van der Waals surface area contributed by atoms with E-state index in [4.69, 9.17) is 11.6 Å². The van der Waals surface area contributed by atoms with Gasteiger partial charge >= 0.3 is 6.03 Å². The second kappa shape index (κ2) is 7.03. The molecule has 2 atom stereocenters. The number of aliphatic imine (C=N–C) groups is 1. The molecule has 24 heavy (non-hydrogen) atoms. The van der Waals surface area contributed by atoms with Gasteiger partial charge in [0.05, 0.1) is 0 Å². The number of nitrogens with zero attached hydrogens (tertiary/aromatic N) is 3. The number of thioether (sulfide) groups is 1. The number of likely N-dealkylation sites (N-methyl/N-ethyl adjacent to an activating group) is 1. The van der Waals surface area contributed by atoms with E-state index in [1.165, 1.54) is 4.90 Å². The van der Waals surface area contributed by atoms with Crippen molar-refractivity contribution in [3.05, 3.63) is 34.9 Å². The van der Waals surface area contributed by atoms with E-state index in [9.17, 15) is 9.59 Å². The van der Waals surface area contributed by atoms with Crippen molar-refractivity contribution >= 4 is 40.5 Å². The zero-order valence-corrected chi connectivity index (χ0v) is 15.1. The lowest BCUT2D eigenvalue weighted by atomic mass is 10.1. The zero-order valence-electron chi connectivity index (χ0n) is 13.5. The lowest BCUT2D eigenvalue weighted by molar-refractivity contribution is -0.127. The Hall–Kier alpha value is -1.73. The summed E-state index contributed by atoms with van der Waals surface area (Å²) in [5.74, 6) is 0.613. The molecule has 3 rings (SSSR count). The predicted octanol–water partition coefficient (Wildman–Crippen LogP) is 2.53. The van der Waals surface area contributed by atoms with Crippen molar-refractivity contribution in [2.75, 3.05) is 12.8 Å². The summed E-state index contributed by atoms with van der Waals surface area (Å²) in [7, 11) is 1.66. The summed E-state index contributed by atoms with van der Waals surface area (Å²) in [6, 6.07) is 6.63. The van der Waals surface area contributed by atoms with Gasteiger partial charge in [-0.15, -0.1) is 0 Å². The van der Waals surface area contributed by atoms with Gasteiger partial charge in [-0.25, -0.2) is 9.79 Å². The molecule has 0 spiro atoms. The fraction of sp³-hybridized carbons (Fsp3) is 0.438. The smallest absolute Gasteiger partial charge is 0.325 e. The fourth-order valence-electron chi connectivity index (χ4n) is 2.77. The second-order valence-corrected chi connectivity index (χ2v) is 7.28. The van der Waals surface area contributed by atoms with Crippen molar-refractivity contribution in [1.29, 1.82) is 0 Å². The van der Waals surface area contributed by atoms with Crippen molar-refractivity contribution in [2.24, 2.45) is 4.99 Å². The highest BCUT2D eigenvalue weighted by Crippen LogP contribution is 2.30. The summed E-state index contributed by atoms with van der Waals surface area (Å²) in [6.45, 7) is 2.64. The Morgan fingerprint density at radius 2 is 2.00 bits per heavy atom. The molecule has 1 aromatic carbocycles. The predicted molar refractivity (Wildman–Crippen MR) is 96.1 cm³/mol. The van der Waals surface area contributed by atoms with Gasteiger partial charge in [0.2, 0.25) is 0 Å². The fourth-order valence-corrected chi connectivity index (χ4v) is 3.81. The Balaban J connectivity index is 1.88. The summed E-state index contributed by atoms with van der Waals surface area (Å²) in [5.41, 5.74) is 1.04. The van der Waals surface area contributed by atoms with Crippen molar-refractivity contribution in [2.45, 2.75) is 32.1 Å². The van der Waals surface area contributed by atoms with Crippen molar-refractivity contribution < 1.29 is 9.59 Å². The number of amides is 3. The Morgan fingerprint density at radius 3 is 2.67 bits per heavy atom. The van der Waals surface area contributed by atoms with Crippen LogP contribution in [0.4, 0.5) is 4.79 Å². The molecule has 8 heteroatoms. The number of rotatable bonds is 4. The number of fused-ring (bicyclic) bond motifs is 1. The van der Waals surface area contributed by atoms with Crippen LogP contribution in [0.5, 0.6) is 0 Å². The molecule has 3 amide bonds. The van der Waals surface area contributed by atoms with Gasteiger partial charge in [0.25, 0.3) is 5.91 Å². The van der Waals surface area contributed by atoms with Crippen molar-refractivity contribution in [1.82, 2.24) is 15.1 Å². The molecule has 1 N–H and O–H groups in total. The minimum absolute atomic E-state index is 0.298. The third-order valence-corrected chi connectivity index (χ3v) is 5.49. The molecule has 2 aliphatic heterocycles. The number of hydrogen-bond acceptors (Lipinski definition) is 5. The molecule has 2 heterocycles. The van der Waals surface area contributed by atoms with E-state index < -0.39 is 18.2 Å². The normalized spacial score (nSPS) is 23.2. The third-order valence-electron chi connectivity index (χ3n) is 4.02. The van der Waals surface area contributed by atoms with E-state index in [2.05, 4.69) is 17.2 Å². The van der Waals surface area contributed by atoms with Crippen LogP contribution in [0.25, 0.3) is 0 Å². The lowest BCUT2D eigenvalue weighted by Crippen LogP contribution is -2.63. The molecule has 2 unspecified atom stereocenters. The van der Waals surface area contributed by atoms with Crippen molar-refractivity contribution in [3.63, 3.8) is 0 Å². The Labute approximate surface area is 150 Å². The maximum atomic E-state index is 12.4. The third kappa shape index (κ3) is 3.23. The maximum absolute atomic E-state index is 12.4. The minimum atomic E-state index is -0.497. The van der Waals surface area contributed by atoms with E-state index in [1.807, 2.05) is 29.2 Å². The molecule has 0 bridgehead atoms. The first-order valence-electron chi connectivity index (χ1n) is 7.80. The molecule has 0 saturated carbocycles. The number of hydrogen-bond donors (Lipinski definition) is 1. The Morgan fingerprint density at radius 1 is 1.29 bits per heavy atom. The van der Waals surface area contributed by atoms with Crippen LogP contribution in [0.2, 0.25) is 5.02 Å². The number of carbonyl (C=O) groups excluding carboxylic acids is 2. The van der Waals surface area contributed by atoms with Crippen LogP contribution in [0.1, 0.15) is 18.9 Å². The molecule has 0 radical (unpaired) electrons. The topological polar surface area (TPSA) is 65.0 Å². The van der Waals surface area contributed by atoms with Crippen LogP contribution in [-0.2, 0) is 11.3 Å². The van der Waals surface area contributed by atoms with Gasteiger partial charge in [-0.1, -0.05) is 42.4 Å². The maximum Gasteiger partial charge on any atom is 0.325 e. The second-order valence-electron chi connectivity index (χ2n) is 5.78. The van der Waals surface area contributed by atoms with E-state index in [0.29, 0.717) is 11.6 Å². The molecular formula is C16H19ClN4O2S. The van der Waals surface area contributed by atoms with Crippen LogP contribution in [-0.4, -0.2) is 51.9 Å². The number of benzene rings is 1. The van der Waals surface area contributed by atoms with Gasteiger partial charge in [-0.2, -0.15) is 0 Å². The quantitative estimate of drug-likeness (QED) is 0.889. The van der Waals surface area contributed by atoms with E-state index in [0.717, 1.165) is 22.9 Å². The number of amidine groups is 1. The van der Waals surface area contributed by atoms with Gasteiger partial charge < -0.3 is 9.80 Å². The van der Waals surface area contributed by atoms with E-state index in [1.54, 1.807) is 18.8 Å². The number of urea groups is 1.